The van der Waals surface area contributed by atoms with Crippen LogP contribution >= 0.6 is 12.4 Å². The Labute approximate surface area is 136 Å². The van der Waals surface area contributed by atoms with E-state index in [1.165, 1.54) is 6.42 Å². The van der Waals surface area contributed by atoms with Gasteiger partial charge in [0.05, 0.1) is 0 Å². The van der Waals surface area contributed by atoms with Crippen LogP contribution in [0, 0.1) is 18.8 Å². The van der Waals surface area contributed by atoms with E-state index in [0.717, 1.165) is 31.4 Å². The molecule has 122 valence electrons. The standard InChI is InChI=1S/C16H23N3O2.ClH/c1-9-5-6-13(15(20)18-9)16(21)19-14-10-3-2-4-11(14)8-12(17)7-10;/h5-6,10-12,14H,2-4,7-8,17H2,1H3,(H,18,20)(H,19,21);1H. The fourth-order valence-corrected chi connectivity index (χ4v) is 4.00. The summed E-state index contributed by atoms with van der Waals surface area (Å²) >= 11 is 0. The van der Waals surface area contributed by atoms with Crippen molar-refractivity contribution < 1.29 is 4.79 Å². The van der Waals surface area contributed by atoms with Crippen LogP contribution in [0.1, 0.15) is 48.2 Å². The Morgan fingerprint density at radius 1 is 1.27 bits per heavy atom. The first-order valence-corrected chi connectivity index (χ1v) is 7.81. The minimum atomic E-state index is -0.315. The predicted molar refractivity (Wildman–Crippen MR) is 88.3 cm³/mol. The minimum absolute atomic E-state index is 0. The number of nitrogens with two attached hydrogens (primary N) is 1. The molecule has 0 radical (unpaired) electrons. The van der Waals surface area contributed by atoms with Crippen LogP contribution in [0.4, 0.5) is 0 Å². The number of H-pyrrole nitrogens is 1. The van der Waals surface area contributed by atoms with Crippen molar-refractivity contribution in [1.82, 2.24) is 10.3 Å². The third kappa shape index (κ3) is 3.36. The van der Waals surface area contributed by atoms with Gasteiger partial charge in [0.2, 0.25) is 0 Å². The highest BCUT2D eigenvalue weighted by Crippen LogP contribution is 2.39. The second-order valence-corrected chi connectivity index (χ2v) is 6.57. The van der Waals surface area contributed by atoms with Gasteiger partial charge in [-0.25, -0.2) is 0 Å². The Hall–Kier alpha value is -1.33. The fraction of sp³-hybridized carbons (Fsp3) is 0.625. The second kappa shape index (κ2) is 6.84. The first kappa shape index (κ1) is 17.0. The number of amides is 1. The maximum Gasteiger partial charge on any atom is 0.260 e. The molecular weight excluding hydrogens is 302 g/mol. The summed E-state index contributed by atoms with van der Waals surface area (Å²) in [4.78, 5) is 27.0. The van der Waals surface area contributed by atoms with Crippen molar-refractivity contribution in [3.63, 3.8) is 0 Å². The maximum atomic E-state index is 12.4. The number of pyridine rings is 1. The molecule has 1 aromatic rings. The van der Waals surface area contributed by atoms with Crippen LogP contribution in [0.3, 0.4) is 0 Å². The van der Waals surface area contributed by atoms with Crippen molar-refractivity contribution in [3.8, 4) is 0 Å². The van der Waals surface area contributed by atoms with Gasteiger partial charge in [0.25, 0.3) is 11.5 Å². The fourth-order valence-electron chi connectivity index (χ4n) is 4.00. The first-order valence-electron chi connectivity index (χ1n) is 7.81. The summed E-state index contributed by atoms with van der Waals surface area (Å²) in [7, 11) is 0. The van der Waals surface area contributed by atoms with Crippen LogP contribution in [-0.2, 0) is 0 Å². The van der Waals surface area contributed by atoms with Gasteiger partial charge in [-0.3, -0.25) is 9.59 Å². The number of carbonyl (C=O) groups excluding carboxylic acids is 1. The number of aromatic nitrogens is 1. The molecule has 0 aliphatic heterocycles. The normalized spacial score (nSPS) is 30.3. The molecule has 0 saturated heterocycles. The Morgan fingerprint density at radius 3 is 2.50 bits per heavy atom. The van der Waals surface area contributed by atoms with Crippen LogP contribution in [-0.4, -0.2) is 23.0 Å². The van der Waals surface area contributed by atoms with Gasteiger partial charge in [-0.2, -0.15) is 0 Å². The highest BCUT2D eigenvalue weighted by atomic mass is 35.5. The third-order valence-electron chi connectivity index (χ3n) is 4.97. The van der Waals surface area contributed by atoms with Crippen LogP contribution < -0.4 is 16.6 Å². The molecule has 2 fully saturated rings. The molecule has 2 aliphatic rings. The molecule has 5 nitrogen and oxygen atoms in total. The summed E-state index contributed by atoms with van der Waals surface area (Å²) in [5.41, 5.74) is 6.75. The van der Waals surface area contributed by atoms with Crippen LogP contribution in [0.2, 0.25) is 0 Å². The molecule has 1 aromatic heterocycles. The van der Waals surface area contributed by atoms with E-state index in [1.54, 1.807) is 19.1 Å². The zero-order valence-corrected chi connectivity index (χ0v) is 13.6. The molecule has 2 unspecified atom stereocenters. The average molecular weight is 326 g/mol. The molecule has 1 heterocycles. The highest BCUT2D eigenvalue weighted by Gasteiger charge is 2.40. The molecule has 0 aromatic carbocycles. The summed E-state index contributed by atoms with van der Waals surface area (Å²) in [5.74, 6) is 0.663. The molecule has 2 saturated carbocycles. The van der Waals surface area contributed by atoms with Gasteiger partial charge in [-0.1, -0.05) is 6.42 Å². The summed E-state index contributed by atoms with van der Waals surface area (Å²) in [6, 6.07) is 3.80. The first-order chi connectivity index (χ1) is 10.0. The van der Waals surface area contributed by atoms with E-state index in [9.17, 15) is 9.59 Å². The molecule has 0 spiro atoms. The Kier molecular flexibility index (Phi) is 5.29. The Morgan fingerprint density at radius 2 is 1.91 bits per heavy atom. The van der Waals surface area contributed by atoms with E-state index >= 15 is 0 Å². The number of nitrogens with one attached hydrogen (secondary N) is 2. The summed E-state index contributed by atoms with van der Waals surface area (Å²) in [6.45, 7) is 1.80. The summed E-state index contributed by atoms with van der Waals surface area (Å²) in [5, 5.41) is 3.10. The number of aromatic amines is 1. The highest BCUT2D eigenvalue weighted by molar-refractivity contribution is 5.94. The van der Waals surface area contributed by atoms with Crippen molar-refractivity contribution in [1.29, 1.82) is 0 Å². The van der Waals surface area contributed by atoms with Gasteiger partial charge in [-0.15, -0.1) is 12.4 Å². The van der Waals surface area contributed by atoms with Crippen LogP contribution in [0.15, 0.2) is 16.9 Å². The molecule has 1 amide bonds. The summed E-state index contributed by atoms with van der Waals surface area (Å²) in [6.07, 6.45) is 5.43. The largest absolute Gasteiger partial charge is 0.349 e. The minimum Gasteiger partial charge on any atom is -0.349 e. The van der Waals surface area contributed by atoms with Crippen molar-refractivity contribution in [2.45, 2.75) is 51.1 Å². The molecule has 3 rings (SSSR count). The lowest BCUT2D eigenvalue weighted by atomic mass is 9.67. The zero-order valence-electron chi connectivity index (χ0n) is 12.8. The third-order valence-corrected chi connectivity index (χ3v) is 4.97. The molecular formula is C16H24ClN3O2. The van der Waals surface area contributed by atoms with Crippen molar-refractivity contribution in [2.24, 2.45) is 17.6 Å². The van der Waals surface area contributed by atoms with Gasteiger partial charge < -0.3 is 16.0 Å². The van der Waals surface area contributed by atoms with E-state index in [-0.39, 0.29) is 41.5 Å². The average Bonchev–Trinajstić information content (AvgIpc) is 2.39. The number of hydrogen-bond donors (Lipinski definition) is 3. The van der Waals surface area contributed by atoms with Crippen LogP contribution in [0.25, 0.3) is 0 Å². The Balaban J connectivity index is 0.00000176. The number of aryl methyl sites for hydroxylation is 1. The molecule has 4 N–H and O–H groups in total. The van der Waals surface area contributed by atoms with Crippen molar-refractivity contribution in [3.05, 3.63) is 33.7 Å². The predicted octanol–water partition coefficient (Wildman–Crippen LogP) is 1.74. The van der Waals surface area contributed by atoms with E-state index in [1.807, 2.05) is 0 Å². The quantitative estimate of drug-likeness (QED) is 0.774. The van der Waals surface area contributed by atoms with Gasteiger partial charge in [0.1, 0.15) is 5.56 Å². The van der Waals surface area contributed by atoms with Gasteiger partial charge in [-0.05, 0) is 56.6 Å². The molecule has 22 heavy (non-hydrogen) atoms. The topological polar surface area (TPSA) is 88.0 Å². The van der Waals surface area contributed by atoms with Crippen molar-refractivity contribution in [2.75, 3.05) is 0 Å². The van der Waals surface area contributed by atoms with E-state index in [2.05, 4.69) is 10.3 Å². The number of rotatable bonds is 2. The lowest BCUT2D eigenvalue weighted by molar-refractivity contribution is 0.0754. The maximum absolute atomic E-state index is 12.4. The zero-order chi connectivity index (χ0) is 15.0. The summed E-state index contributed by atoms with van der Waals surface area (Å²) < 4.78 is 0. The van der Waals surface area contributed by atoms with E-state index in [0.29, 0.717) is 11.8 Å². The lowest BCUT2D eigenvalue weighted by Crippen LogP contribution is -2.54. The monoisotopic (exact) mass is 325 g/mol. The number of carbonyl (C=O) groups is 1. The van der Waals surface area contributed by atoms with Gasteiger partial charge >= 0.3 is 0 Å². The number of hydrogen-bond acceptors (Lipinski definition) is 3. The molecule has 2 atom stereocenters. The SMILES string of the molecule is Cc1ccc(C(=O)NC2C3CCCC2CC(N)C3)c(=O)[nH]1.Cl. The van der Waals surface area contributed by atoms with Gasteiger partial charge in [0.15, 0.2) is 0 Å². The molecule has 2 bridgehead atoms. The van der Waals surface area contributed by atoms with Gasteiger partial charge in [0, 0.05) is 17.8 Å². The Bertz CT molecular complexity index is 587. The molecule has 6 heteroatoms. The lowest BCUT2D eigenvalue weighted by Gasteiger charge is -2.45. The van der Waals surface area contributed by atoms with Crippen molar-refractivity contribution >= 4 is 18.3 Å². The number of halogens is 1. The molecule has 2 aliphatic carbocycles. The van der Waals surface area contributed by atoms with E-state index < -0.39 is 0 Å². The second-order valence-electron chi connectivity index (χ2n) is 6.57. The smallest absolute Gasteiger partial charge is 0.260 e. The van der Waals surface area contributed by atoms with E-state index in [4.69, 9.17) is 5.73 Å². The van der Waals surface area contributed by atoms with Crippen LogP contribution in [0.5, 0.6) is 0 Å². The number of fused-ring (bicyclic) bond motifs is 2.